The van der Waals surface area contributed by atoms with E-state index in [9.17, 15) is 9.59 Å². The van der Waals surface area contributed by atoms with Crippen LogP contribution in [0.3, 0.4) is 0 Å². The number of aromatic nitrogens is 4. The van der Waals surface area contributed by atoms with E-state index in [1.165, 1.54) is 28.8 Å². The van der Waals surface area contributed by atoms with Crippen molar-refractivity contribution in [3.63, 3.8) is 0 Å². The molecule has 0 saturated heterocycles. The molecule has 2 atom stereocenters. The Kier molecular flexibility index (Phi) is 3.23. The van der Waals surface area contributed by atoms with Gasteiger partial charge in [0.25, 0.3) is 5.56 Å². The van der Waals surface area contributed by atoms with Gasteiger partial charge in [-0.15, -0.1) is 0 Å². The molecule has 3 aromatic heterocycles. The highest BCUT2D eigenvalue weighted by Crippen LogP contribution is 2.52. The summed E-state index contributed by atoms with van der Waals surface area (Å²) in [6, 6.07) is 3.42. The first-order chi connectivity index (χ1) is 11.5. The fourth-order valence-corrected chi connectivity index (χ4v) is 3.69. The average Bonchev–Trinajstić information content (AvgIpc) is 3.17. The Hall–Kier alpha value is -2.63. The van der Waals surface area contributed by atoms with Crippen molar-refractivity contribution in [3.8, 4) is 5.69 Å². The zero-order valence-corrected chi connectivity index (χ0v) is 14.0. The predicted octanol–water partition coefficient (Wildman–Crippen LogP) is 2.24. The molecule has 0 radical (unpaired) electrons. The highest BCUT2D eigenvalue weighted by Gasteiger charge is 2.41. The van der Waals surface area contributed by atoms with E-state index in [0.717, 1.165) is 5.69 Å². The van der Waals surface area contributed by atoms with Gasteiger partial charge in [-0.2, -0.15) is 0 Å². The van der Waals surface area contributed by atoms with E-state index in [1.54, 1.807) is 6.20 Å². The Balaban J connectivity index is 1.96. The summed E-state index contributed by atoms with van der Waals surface area (Å²) in [6.07, 6.45) is 6.34. The number of aromatic amines is 1. The number of aryl methyl sites for hydroxylation is 1. The summed E-state index contributed by atoms with van der Waals surface area (Å²) in [4.78, 5) is 30.3. The summed E-state index contributed by atoms with van der Waals surface area (Å²) >= 11 is 0. The zero-order chi connectivity index (χ0) is 17.0. The van der Waals surface area contributed by atoms with E-state index in [2.05, 4.69) is 36.8 Å². The second kappa shape index (κ2) is 5.19. The van der Waals surface area contributed by atoms with Crippen molar-refractivity contribution in [1.29, 1.82) is 0 Å². The molecule has 1 N–H and O–H groups in total. The molecular formula is C18H20N4O2. The Morgan fingerprint density at radius 3 is 2.75 bits per heavy atom. The van der Waals surface area contributed by atoms with Crippen LogP contribution >= 0.6 is 0 Å². The lowest BCUT2D eigenvalue weighted by Crippen LogP contribution is -2.28. The minimum Gasteiger partial charge on any atom is -0.302 e. The zero-order valence-electron chi connectivity index (χ0n) is 14.0. The molecule has 0 aliphatic heterocycles. The van der Waals surface area contributed by atoms with Crippen molar-refractivity contribution in [3.05, 3.63) is 62.8 Å². The van der Waals surface area contributed by atoms with Gasteiger partial charge in [0.15, 0.2) is 5.65 Å². The van der Waals surface area contributed by atoms with E-state index in [0.29, 0.717) is 29.1 Å². The van der Waals surface area contributed by atoms with Crippen LogP contribution in [-0.4, -0.2) is 18.9 Å². The third-order valence-electron chi connectivity index (χ3n) is 5.12. The highest BCUT2D eigenvalue weighted by molar-refractivity contribution is 5.62. The summed E-state index contributed by atoms with van der Waals surface area (Å²) in [5.74, 6) is 1.85. The van der Waals surface area contributed by atoms with Crippen LogP contribution in [0.15, 0.2) is 40.3 Å². The standard InChI is InChI=1S/C18H20N4O2/c1-10(2)12-8-14(12)13-9-15(17-19-5-7-21(17)11(13)3)22-6-4-16(23)20-18(22)24/h4-7,9-10,12,14H,8H2,1-3H3,(H,20,23,24)/t12-,14+/m1/s1. The van der Waals surface area contributed by atoms with Gasteiger partial charge in [-0.3, -0.25) is 14.3 Å². The molecule has 4 rings (SSSR count). The predicted molar refractivity (Wildman–Crippen MR) is 91.8 cm³/mol. The molecule has 0 bridgehead atoms. The number of nitrogens with one attached hydrogen (secondary N) is 1. The van der Waals surface area contributed by atoms with Gasteiger partial charge in [0.1, 0.15) is 0 Å². The molecule has 0 aromatic carbocycles. The van der Waals surface area contributed by atoms with Gasteiger partial charge in [-0.1, -0.05) is 13.8 Å². The lowest BCUT2D eigenvalue weighted by atomic mass is 10.0. The Morgan fingerprint density at radius 1 is 1.29 bits per heavy atom. The van der Waals surface area contributed by atoms with Crippen LogP contribution in [0.2, 0.25) is 0 Å². The molecule has 1 aliphatic carbocycles. The van der Waals surface area contributed by atoms with Gasteiger partial charge < -0.3 is 4.40 Å². The lowest BCUT2D eigenvalue weighted by molar-refractivity contribution is 0.547. The molecule has 1 saturated carbocycles. The molecule has 3 heterocycles. The number of fused-ring (bicyclic) bond motifs is 1. The Labute approximate surface area is 138 Å². The Morgan fingerprint density at radius 2 is 2.08 bits per heavy atom. The van der Waals surface area contributed by atoms with Crippen molar-refractivity contribution in [2.24, 2.45) is 11.8 Å². The van der Waals surface area contributed by atoms with Gasteiger partial charge in [0, 0.05) is 30.4 Å². The molecule has 0 spiro atoms. The van der Waals surface area contributed by atoms with Crippen LogP contribution in [0.1, 0.15) is 37.4 Å². The number of pyridine rings is 1. The number of hydrogen-bond donors (Lipinski definition) is 1. The van der Waals surface area contributed by atoms with Gasteiger partial charge in [0.2, 0.25) is 0 Å². The molecule has 3 aromatic rings. The van der Waals surface area contributed by atoms with Crippen molar-refractivity contribution >= 4 is 5.65 Å². The number of H-pyrrole nitrogens is 1. The molecule has 0 unspecified atom stereocenters. The first-order valence-corrected chi connectivity index (χ1v) is 8.26. The normalized spacial score (nSPS) is 20.0. The topological polar surface area (TPSA) is 72.2 Å². The van der Waals surface area contributed by atoms with Crippen LogP contribution in [0.25, 0.3) is 11.3 Å². The Bertz CT molecular complexity index is 1040. The van der Waals surface area contributed by atoms with Gasteiger partial charge >= 0.3 is 5.69 Å². The fourth-order valence-electron chi connectivity index (χ4n) is 3.69. The van der Waals surface area contributed by atoms with Crippen molar-refractivity contribution in [2.75, 3.05) is 0 Å². The maximum Gasteiger partial charge on any atom is 0.333 e. The van der Waals surface area contributed by atoms with E-state index in [-0.39, 0.29) is 0 Å². The SMILES string of the molecule is Cc1c([C@H]2C[C@@H]2C(C)C)cc(-n2ccc(=O)[nH]c2=O)c2nccn12. The molecule has 1 aliphatic rings. The highest BCUT2D eigenvalue weighted by atomic mass is 16.2. The molecule has 6 heteroatoms. The van der Waals surface area contributed by atoms with E-state index < -0.39 is 11.2 Å². The first-order valence-electron chi connectivity index (χ1n) is 8.26. The minimum atomic E-state index is -0.446. The summed E-state index contributed by atoms with van der Waals surface area (Å²) in [7, 11) is 0. The van der Waals surface area contributed by atoms with E-state index >= 15 is 0 Å². The van der Waals surface area contributed by atoms with Gasteiger partial charge in [0.05, 0.1) is 5.69 Å². The molecule has 1 fully saturated rings. The van der Waals surface area contributed by atoms with Crippen molar-refractivity contribution < 1.29 is 0 Å². The molecule has 124 valence electrons. The largest absolute Gasteiger partial charge is 0.333 e. The summed E-state index contributed by atoms with van der Waals surface area (Å²) in [6.45, 7) is 6.60. The van der Waals surface area contributed by atoms with Crippen LogP contribution in [0.4, 0.5) is 0 Å². The maximum absolute atomic E-state index is 12.2. The summed E-state index contributed by atoms with van der Waals surface area (Å²) in [5.41, 5.74) is 3.00. The smallest absolute Gasteiger partial charge is 0.302 e. The van der Waals surface area contributed by atoms with Crippen LogP contribution < -0.4 is 11.2 Å². The first kappa shape index (κ1) is 14.9. The van der Waals surface area contributed by atoms with Gasteiger partial charge in [-0.25, -0.2) is 9.78 Å². The average molecular weight is 324 g/mol. The lowest BCUT2D eigenvalue weighted by Gasteiger charge is -2.14. The maximum atomic E-state index is 12.2. The van der Waals surface area contributed by atoms with Crippen molar-refractivity contribution in [1.82, 2.24) is 18.9 Å². The van der Waals surface area contributed by atoms with Crippen LogP contribution in [-0.2, 0) is 0 Å². The fraction of sp³-hybridized carbons (Fsp3) is 0.389. The number of rotatable bonds is 3. The molecule has 24 heavy (non-hydrogen) atoms. The van der Waals surface area contributed by atoms with Crippen LogP contribution in [0, 0.1) is 18.8 Å². The molecular weight excluding hydrogens is 304 g/mol. The molecule has 6 nitrogen and oxygen atoms in total. The second-order valence-electron chi connectivity index (χ2n) is 6.92. The minimum absolute atomic E-state index is 0.398. The number of hydrogen-bond acceptors (Lipinski definition) is 3. The second-order valence-corrected chi connectivity index (χ2v) is 6.92. The van der Waals surface area contributed by atoms with E-state index in [1.807, 2.05) is 10.6 Å². The van der Waals surface area contributed by atoms with Crippen molar-refractivity contribution in [2.45, 2.75) is 33.1 Å². The third kappa shape index (κ3) is 2.21. The molecule has 0 amide bonds. The van der Waals surface area contributed by atoms with Crippen LogP contribution in [0.5, 0.6) is 0 Å². The summed E-state index contributed by atoms with van der Waals surface area (Å²) in [5, 5.41) is 0. The quantitative estimate of drug-likeness (QED) is 0.803. The summed E-state index contributed by atoms with van der Waals surface area (Å²) < 4.78 is 3.48. The third-order valence-corrected chi connectivity index (χ3v) is 5.12. The number of imidazole rings is 1. The van der Waals surface area contributed by atoms with Gasteiger partial charge in [-0.05, 0) is 42.7 Å². The van der Waals surface area contributed by atoms with E-state index in [4.69, 9.17) is 0 Å². The monoisotopic (exact) mass is 324 g/mol. The number of nitrogens with zero attached hydrogens (tertiary/aromatic N) is 3.